The number of carbonyl (C=O) groups excluding carboxylic acids is 1. The molecule has 0 spiro atoms. The minimum Gasteiger partial charge on any atom is -0.439 e. The molecule has 0 heterocycles. The van der Waals surface area contributed by atoms with E-state index in [-0.39, 0.29) is 6.09 Å². The molecule has 3 heteroatoms. The molecule has 0 radical (unpaired) electrons. The van der Waals surface area contributed by atoms with Gasteiger partial charge in [-0.2, -0.15) is 0 Å². The monoisotopic (exact) mass is 359 g/mol. The fourth-order valence-corrected chi connectivity index (χ4v) is 4.15. The fraction of sp³-hybridized carbons (Fsp3) is 0.696. The molecule has 0 unspecified atom stereocenters. The zero-order valence-corrected chi connectivity index (χ0v) is 17.0. The summed E-state index contributed by atoms with van der Waals surface area (Å²) < 4.78 is 6.06. The molecule has 26 heavy (non-hydrogen) atoms. The van der Waals surface area contributed by atoms with Crippen molar-refractivity contribution in [1.82, 2.24) is 4.90 Å². The van der Waals surface area contributed by atoms with Crippen molar-refractivity contribution in [2.24, 2.45) is 0 Å². The van der Waals surface area contributed by atoms with E-state index in [0.717, 1.165) is 31.3 Å². The number of ether oxygens (including phenoxy) is 1. The van der Waals surface area contributed by atoms with Gasteiger partial charge in [-0.15, -0.1) is 0 Å². The zero-order valence-electron chi connectivity index (χ0n) is 17.0. The Morgan fingerprint density at radius 1 is 0.962 bits per heavy atom. The zero-order chi connectivity index (χ0) is 19.0. The summed E-state index contributed by atoms with van der Waals surface area (Å²) in [5.74, 6) is 0. The third-order valence-electron chi connectivity index (χ3n) is 6.03. The largest absolute Gasteiger partial charge is 0.439 e. The Morgan fingerprint density at radius 2 is 1.46 bits per heavy atom. The van der Waals surface area contributed by atoms with Gasteiger partial charge in [0, 0.05) is 12.1 Å². The van der Waals surface area contributed by atoms with E-state index in [1.807, 2.05) is 39.0 Å². The van der Waals surface area contributed by atoms with Gasteiger partial charge in [0.1, 0.15) is 5.60 Å². The highest BCUT2D eigenvalue weighted by molar-refractivity contribution is 5.69. The highest BCUT2D eigenvalue weighted by Crippen LogP contribution is 2.32. The van der Waals surface area contributed by atoms with Crippen LogP contribution in [-0.2, 0) is 4.74 Å². The molecule has 2 aliphatic carbocycles. The van der Waals surface area contributed by atoms with Crippen molar-refractivity contribution in [3.63, 3.8) is 0 Å². The van der Waals surface area contributed by atoms with Crippen molar-refractivity contribution in [2.75, 3.05) is 0 Å². The van der Waals surface area contributed by atoms with E-state index in [2.05, 4.69) is 11.5 Å². The van der Waals surface area contributed by atoms with Crippen molar-refractivity contribution in [2.45, 2.75) is 103 Å². The maximum Gasteiger partial charge on any atom is 0.411 e. The molecule has 2 fully saturated rings. The fourth-order valence-electron chi connectivity index (χ4n) is 4.15. The maximum atomic E-state index is 13.2. The Morgan fingerprint density at radius 3 is 1.92 bits per heavy atom. The summed E-state index contributed by atoms with van der Waals surface area (Å²) >= 11 is 0. The van der Waals surface area contributed by atoms with Crippen molar-refractivity contribution in [3.05, 3.63) is 36.5 Å². The predicted molar refractivity (Wildman–Crippen MR) is 109 cm³/mol. The van der Waals surface area contributed by atoms with E-state index in [1.165, 1.54) is 38.5 Å². The molecule has 0 aromatic rings. The molecule has 0 bridgehead atoms. The number of hydrogen-bond donors (Lipinski definition) is 0. The van der Waals surface area contributed by atoms with Crippen LogP contribution in [0, 0.1) is 0 Å². The molecule has 0 aromatic carbocycles. The standard InChI is InChI=1S/C23H37NO2/c1-5-6-9-14-19(2)23(3,4)26-22(25)24(20-15-10-7-11-16-20)21-17-12-8-13-18-21/h5-6,9,14,20-21H,1,7-8,10-13,15-18H2,2-4H3/b9-6-,19-14+. The van der Waals surface area contributed by atoms with Crippen LogP contribution in [0.15, 0.2) is 36.5 Å². The normalized spacial score (nSPS) is 21.0. The van der Waals surface area contributed by atoms with Gasteiger partial charge in [-0.3, -0.25) is 0 Å². The van der Waals surface area contributed by atoms with E-state index < -0.39 is 5.60 Å². The lowest BCUT2D eigenvalue weighted by Crippen LogP contribution is -2.51. The molecule has 2 saturated carbocycles. The molecule has 3 nitrogen and oxygen atoms in total. The smallest absolute Gasteiger partial charge is 0.411 e. The van der Waals surface area contributed by atoms with Crippen molar-refractivity contribution in [3.8, 4) is 0 Å². The summed E-state index contributed by atoms with van der Waals surface area (Å²) in [6.07, 6.45) is 19.5. The number of amides is 1. The van der Waals surface area contributed by atoms with Crippen LogP contribution in [0.1, 0.15) is 85.0 Å². The van der Waals surface area contributed by atoms with E-state index >= 15 is 0 Å². The van der Waals surface area contributed by atoms with Crippen LogP contribution in [0.3, 0.4) is 0 Å². The molecule has 0 N–H and O–H groups in total. The van der Waals surface area contributed by atoms with Crippen LogP contribution in [0.2, 0.25) is 0 Å². The van der Waals surface area contributed by atoms with Gasteiger partial charge in [-0.25, -0.2) is 4.79 Å². The topological polar surface area (TPSA) is 29.5 Å². The highest BCUT2D eigenvalue weighted by Gasteiger charge is 2.36. The first kappa shape index (κ1) is 20.8. The molecule has 0 aromatic heterocycles. The van der Waals surface area contributed by atoms with E-state index in [4.69, 9.17) is 4.74 Å². The average molecular weight is 360 g/mol. The number of rotatable bonds is 6. The minimum atomic E-state index is -0.607. The maximum absolute atomic E-state index is 13.2. The average Bonchev–Trinajstić information content (AvgIpc) is 2.63. The lowest BCUT2D eigenvalue weighted by molar-refractivity contribution is 0.00213. The van der Waals surface area contributed by atoms with Crippen LogP contribution in [0.4, 0.5) is 4.79 Å². The Hall–Kier alpha value is -1.51. The molecular formula is C23H37NO2. The first-order valence-electron chi connectivity index (χ1n) is 10.4. The van der Waals surface area contributed by atoms with Crippen molar-refractivity contribution in [1.29, 1.82) is 0 Å². The van der Waals surface area contributed by atoms with Gasteiger partial charge in [-0.05, 0) is 52.0 Å². The van der Waals surface area contributed by atoms with E-state index in [9.17, 15) is 4.79 Å². The van der Waals surface area contributed by atoms with E-state index in [0.29, 0.717) is 12.1 Å². The Kier molecular flexibility index (Phi) is 7.99. The first-order chi connectivity index (χ1) is 12.5. The van der Waals surface area contributed by atoms with Gasteiger partial charge in [0.15, 0.2) is 0 Å². The lowest BCUT2D eigenvalue weighted by atomic mass is 9.89. The molecule has 1 amide bonds. The van der Waals surface area contributed by atoms with Gasteiger partial charge >= 0.3 is 6.09 Å². The number of allylic oxidation sites excluding steroid dienone is 4. The summed E-state index contributed by atoms with van der Waals surface area (Å²) in [4.78, 5) is 15.4. The van der Waals surface area contributed by atoms with E-state index in [1.54, 1.807) is 6.08 Å². The molecule has 2 rings (SSSR count). The summed E-state index contributed by atoms with van der Waals surface area (Å²) in [6, 6.07) is 0.722. The molecule has 2 aliphatic rings. The SMILES string of the molecule is C=C/C=C\C=C(/C)C(C)(C)OC(=O)N(C1CCCCC1)C1CCCCC1. The van der Waals surface area contributed by atoms with Crippen LogP contribution in [0.25, 0.3) is 0 Å². The van der Waals surface area contributed by atoms with Gasteiger partial charge in [0.25, 0.3) is 0 Å². The van der Waals surface area contributed by atoms with Crippen molar-refractivity contribution >= 4 is 6.09 Å². The van der Waals surface area contributed by atoms with Gasteiger partial charge in [-0.1, -0.05) is 69.4 Å². The number of hydrogen-bond acceptors (Lipinski definition) is 2. The second-order valence-corrected chi connectivity index (χ2v) is 8.34. The summed E-state index contributed by atoms with van der Waals surface area (Å²) in [5.41, 5.74) is 0.431. The molecule has 0 aliphatic heterocycles. The number of nitrogens with zero attached hydrogens (tertiary/aromatic N) is 1. The van der Waals surface area contributed by atoms with Gasteiger partial charge < -0.3 is 9.64 Å². The van der Waals surface area contributed by atoms with Crippen LogP contribution < -0.4 is 0 Å². The predicted octanol–water partition coefficient (Wildman–Crippen LogP) is 6.56. The summed E-state index contributed by atoms with van der Waals surface area (Å²) in [5, 5.41) is 0. The molecule has 146 valence electrons. The Labute approximate surface area is 160 Å². The van der Waals surface area contributed by atoms with Crippen LogP contribution in [-0.4, -0.2) is 28.7 Å². The third kappa shape index (κ3) is 5.75. The molecule has 0 atom stereocenters. The third-order valence-corrected chi connectivity index (χ3v) is 6.03. The van der Waals surface area contributed by atoms with Crippen molar-refractivity contribution < 1.29 is 9.53 Å². The Balaban J connectivity index is 2.12. The van der Waals surface area contributed by atoms with Gasteiger partial charge in [0.2, 0.25) is 0 Å². The van der Waals surface area contributed by atoms with Gasteiger partial charge in [0.05, 0.1) is 0 Å². The highest BCUT2D eigenvalue weighted by atomic mass is 16.6. The minimum absolute atomic E-state index is 0.116. The van der Waals surface area contributed by atoms with Crippen LogP contribution >= 0.6 is 0 Å². The Bertz CT molecular complexity index is 502. The van der Waals surface area contributed by atoms with Crippen LogP contribution in [0.5, 0.6) is 0 Å². The second kappa shape index (κ2) is 9.99. The summed E-state index contributed by atoms with van der Waals surface area (Å²) in [7, 11) is 0. The second-order valence-electron chi connectivity index (χ2n) is 8.34. The number of carbonyl (C=O) groups is 1. The first-order valence-corrected chi connectivity index (χ1v) is 10.4. The molecular weight excluding hydrogens is 322 g/mol. The molecule has 0 saturated heterocycles. The lowest BCUT2D eigenvalue weighted by Gasteiger charge is -2.42. The quantitative estimate of drug-likeness (QED) is 0.503. The summed E-state index contributed by atoms with van der Waals surface area (Å²) in [6.45, 7) is 9.68.